The monoisotopic (exact) mass is 291 g/mol. The van der Waals surface area contributed by atoms with Gasteiger partial charge in [-0.15, -0.1) is 0 Å². The predicted molar refractivity (Wildman–Crippen MR) is 84.6 cm³/mol. The first-order valence-electron chi connectivity index (χ1n) is 7.33. The maximum Gasteiger partial charge on any atom is 0.183 e. The van der Waals surface area contributed by atoms with Gasteiger partial charge in [-0.1, -0.05) is 23.5 Å². The molecule has 0 radical (unpaired) electrons. The summed E-state index contributed by atoms with van der Waals surface area (Å²) in [6.07, 6.45) is 3.77. The molecule has 108 valence electrons. The first-order valence-corrected chi connectivity index (χ1v) is 8.15. The van der Waals surface area contributed by atoms with Crippen molar-refractivity contribution in [3.8, 4) is 0 Å². The highest BCUT2D eigenvalue weighted by Gasteiger charge is 2.12. The molecule has 2 N–H and O–H groups in total. The van der Waals surface area contributed by atoms with Crippen LogP contribution < -0.4 is 10.6 Å². The van der Waals surface area contributed by atoms with Gasteiger partial charge in [0.25, 0.3) is 0 Å². The molecule has 1 saturated heterocycles. The van der Waals surface area contributed by atoms with Crippen molar-refractivity contribution in [2.45, 2.75) is 25.4 Å². The maximum absolute atomic E-state index is 5.88. The minimum Gasteiger partial charge on any atom is -0.378 e. The minimum atomic E-state index is 0.457. The lowest BCUT2D eigenvalue weighted by Gasteiger charge is -2.22. The van der Waals surface area contributed by atoms with E-state index in [1.165, 1.54) is 4.70 Å². The van der Waals surface area contributed by atoms with Gasteiger partial charge in [0.05, 0.1) is 16.3 Å². The molecule has 1 fully saturated rings. The molecule has 0 bridgehead atoms. The van der Waals surface area contributed by atoms with Crippen molar-refractivity contribution >= 4 is 26.7 Å². The third-order valence-electron chi connectivity index (χ3n) is 3.53. The topological polar surface area (TPSA) is 46.2 Å². The molecular formula is C15H21N3OS. The molecular weight excluding hydrogens is 270 g/mol. The van der Waals surface area contributed by atoms with Crippen molar-refractivity contribution in [1.82, 2.24) is 10.3 Å². The molecule has 20 heavy (non-hydrogen) atoms. The lowest BCUT2D eigenvalue weighted by atomic mass is 10.1. The number of thiazole rings is 1. The highest BCUT2D eigenvalue weighted by Crippen LogP contribution is 2.25. The number of benzene rings is 1. The fourth-order valence-corrected chi connectivity index (χ4v) is 3.32. The molecule has 2 aromatic rings. The van der Waals surface area contributed by atoms with E-state index in [4.69, 9.17) is 4.74 Å². The lowest BCUT2D eigenvalue weighted by molar-refractivity contribution is 0.0329. The van der Waals surface area contributed by atoms with Gasteiger partial charge in [-0.3, -0.25) is 0 Å². The summed E-state index contributed by atoms with van der Waals surface area (Å²) >= 11 is 1.71. The van der Waals surface area contributed by atoms with Crippen LogP contribution in [0.3, 0.4) is 0 Å². The minimum absolute atomic E-state index is 0.457. The maximum atomic E-state index is 5.88. The Morgan fingerprint density at radius 1 is 1.30 bits per heavy atom. The second-order valence-corrected chi connectivity index (χ2v) is 6.12. The Bertz CT molecular complexity index is 504. The van der Waals surface area contributed by atoms with Crippen LogP contribution in [0.2, 0.25) is 0 Å². The molecule has 1 aliphatic rings. The molecule has 3 rings (SSSR count). The first kappa shape index (κ1) is 13.8. The van der Waals surface area contributed by atoms with Crippen molar-refractivity contribution in [2.75, 3.05) is 31.6 Å². The van der Waals surface area contributed by atoms with Gasteiger partial charge in [0.15, 0.2) is 5.13 Å². The molecule has 0 unspecified atom stereocenters. The molecule has 5 heteroatoms. The average Bonchev–Trinajstić information content (AvgIpc) is 2.90. The molecule has 2 heterocycles. The largest absolute Gasteiger partial charge is 0.378 e. The Kier molecular flexibility index (Phi) is 4.84. The normalized spacial score (nSPS) is 16.6. The van der Waals surface area contributed by atoms with Gasteiger partial charge in [-0.2, -0.15) is 0 Å². The van der Waals surface area contributed by atoms with Gasteiger partial charge in [0, 0.05) is 13.2 Å². The van der Waals surface area contributed by atoms with Crippen LogP contribution in [0.5, 0.6) is 0 Å². The highest BCUT2D eigenvalue weighted by atomic mass is 32.1. The quantitative estimate of drug-likeness (QED) is 0.803. The standard InChI is InChI=1S/C15H21N3OS/c1-2-5-14-13(4-1)18-15(20-14)17-8-3-11-19-12-6-9-16-10-7-12/h1-2,4-5,12,16H,3,6-11H2,(H,17,18). The number of hydrogen-bond acceptors (Lipinski definition) is 5. The van der Waals surface area contributed by atoms with Gasteiger partial charge in [0.2, 0.25) is 0 Å². The highest BCUT2D eigenvalue weighted by molar-refractivity contribution is 7.22. The van der Waals surface area contributed by atoms with Crippen LogP contribution in [0, 0.1) is 0 Å². The molecule has 0 saturated carbocycles. The summed E-state index contributed by atoms with van der Waals surface area (Å²) in [5.41, 5.74) is 1.07. The Hall–Kier alpha value is -1.17. The summed E-state index contributed by atoms with van der Waals surface area (Å²) in [7, 11) is 0. The van der Waals surface area contributed by atoms with Gasteiger partial charge >= 0.3 is 0 Å². The average molecular weight is 291 g/mol. The number of piperidine rings is 1. The van der Waals surface area contributed by atoms with Crippen molar-refractivity contribution in [2.24, 2.45) is 0 Å². The number of aromatic nitrogens is 1. The van der Waals surface area contributed by atoms with Crippen LogP contribution in [0.1, 0.15) is 19.3 Å². The number of hydrogen-bond donors (Lipinski definition) is 2. The van der Waals surface area contributed by atoms with Crippen molar-refractivity contribution < 1.29 is 4.74 Å². The molecule has 1 aliphatic heterocycles. The van der Waals surface area contributed by atoms with E-state index >= 15 is 0 Å². The molecule has 0 spiro atoms. The summed E-state index contributed by atoms with van der Waals surface area (Å²) in [6.45, 7) is 3.94. The van der Waals surface area contributed by atoms with E-state index in [2.05, 4.69) is 33.8 Å². The Morgan fingerprint density at radius 3 is 3.00 bits per heavy atom. The van der Waals surface area contributed by atoms with E-state index in [0.29, 0.717) is 6.10 Å². The second-order valence-electron chi connectivity index (χ2n) is 5.09. The third-order valence-corrected chi connectivity index (χ3v) is 4.53. The van der Waals surface area contributed by atoms with Crippen LogP contribution in [-0.2, 0) is 4.74 Å². The lowest BCUT2D eigenvalue weighted by Crippen LogP contribution is -2.32. The zero-order chi connectivity index (χ0) is 13.6. The molecule has 0 aliphatic carbocycles. The van der Waals surface area contributed by atoms with E-state index in [0.717, 1.165) is 56.2 Å². The van der Waals surface area contributed by atoms with Crippen molar-refractivity contribution in [3.63, 3.8) is 0 Å². The molecule has 1 aromatic carbocycles. The van der Waals surface area contributed by atoms with E-state index in [-0.39, 0.29) is 0 Å². The van der Waals surface area contributed by atoms with Crippen LogP contribution in [-0.4, -0.2) is 37.3 Å². The van der Waals surface area contributed by atoms with Crippen molar-refractivity contribution in [3.05, 3.63) is 24.3 Å². The number of anilines is 1. The SMILES string of the molecule is c1ccc2sc(NCCCOC3CCNCC3)nc2c1. The summed E-state index contributed by atoms with van der Waals surface area (Å²) < 4.78 is 7.12. The molecule has 0 amide bonds. The summed E-state index contributed by atoms with van der Waals surface area (Å²) in [5, 5.41) is 7.75. The first-order chi connectivity index (χ1) is 9.92. The zero-order valence-corrected chi connectivity index (χ0v) is 12.4. The number of ether oxygens (including phenoxy) is 1. The van der Waals surface area contributed by atoms with E-state index in [1.807, 2.05) is 6.07 Å². The number of nitrogens with zero attached hydrogens (tertiary/aromatic N) is 1. The van der Waals surface area contributed by atoms with Crippen molar-refractivity contribution in [1.29, 1.82) is 0 Å². The summed E-state index contributed by atoms with van der Waals surface area (Å²) in [5.74, 6) is 0. The number of nitrogens with one attached hydrogen (secondary N) is 2. The Labute approximate surface area is 123 Å². The molecule has 1 aromatic heterocycles. The number of para-hydroxylation sites is 1. The molecule has 4 nitrogen and oxygen atoms in total. The van der Waals surface area contributed by atoms with Crippen LogP contribution in [0.4, 0.5) is 5.13 Å². The summed E-state index contributed by atoms with van der Waals surface area (Å²) in [4.78, 5) is 4.56. The van der Waals surface area contributed by atoms with Gasteiger partial charge < -0.3 is 15.4 Å². The van der Waals surface area contributed by atoms with Gasteiger partial charge in [-0.25, -0.2) is 4.98 Å². The molecule has 0 atom stereocenters. The Balaban J connectivity index is 1.37. The van der Waals surface area contributed by atoms with E-state index in [1.54, 1.807) is 11.3 Å². The van der Waals surface area contributed by atoms with Crippen LogP contribution >= 0.6 is 11.3 Å². The van der Waals surface area contributed by atoms with E-state index < -0.39 is 0 Å². The van der Waals surface area contributed by atoms with Gasteiger partial charge in [0.1, 0.15) is 0 Å². The number of fused-ring (bicyclic) bond motifs is 1. The van der Waals surface area contributed by atoms with Gasteiger partial charge in [-0.05, 0) is 44.5 Å². The van der Waals surface area contributed by atoms with Crippen LogP contribution in [0.25, 0.3) is 10.2 Å². The third kappa shape index (κ3) is 3.69. The predicted octanol–water partition coefficient (Wildman–Crippen LogP) is 2.87. The fraction of sp³-hybridized carbons (Fsp3) is 0.533. The summed E-state index contributed by atoms with van der Waals surface area (Å²) in [6, 6.07) is 8.24. The number of rotatable bonds is 6. The fourth-order valence-electron chi connectivity index (χ4n) is 2.43. The van der Waals surface area contributed by atoms with E-state index in [9.17, 15) is 0 Å². The van der Waals surface area contributed by atoms with Crippen LogP contribution in [0.15, 0.2) is 24.3 Å². The zero-order valence-electron chi connectivity index (χ0n) is 11.6. The Morgan fingerprint density at radius 2 is 2.15 bits per heavy atom. The second kappa shape index (κ2) is 7.02. The smallest absolute Gasteiger partial charge is 0.183 e.